The molecule has 2 atom stereocenters. The van der Waals surface area contributed by atoms with E-state index >= 15 is 0 Å². The average molecular weight is 303 g/mol. The van der Waals surface area contributed by atoms with Gasteiger partial charge in [0, 0.05) is 0 Å². The lowest BCUT2D eigenvalue weighted by Gasteiger charge is -2.30. The van der Waals surface area contributed by atoms with Crippen molar-refractivity contribution in [2.75, 3.05) is 6.54 Å². The standard InChI is InChI=1S/C17H21NO2S/c18-12-15-7-3-4-8-17(15)21(19,20)16-10-9-13-5-1-2-6-14(13)11-16/h1-2,5-6,9-11,15,17H,3-4,7-8,12,18H2. The van der Waals surface area contributed by atoms with E-state index in [1.807, 2.05) is 30.3 Å². The molecule has 2 aromatic rings. The summed E-state index contributed by atoms with van der Waals surface area (Å²) in [6, 6.07) is 13.3. The number of nitrogens with two attached hydrogens (primary N) is 1. The third kappa shape index (κ3) is 2.70. The first-order valence-electron chi connectivity index (χ1n) is 7.55. The summed E-state index contributed by atoms with van der Waals surface area (Å²) in [5, 5.41) is 1.71. The molecule has 0 amide bonds. The van der Waals surface area contributed by atoms with Crippen molar-refractivity contribution >= 4 is 20.6 Å². The van der Waals surface area contributed by atoms with Crippen LogP contribution in [0.5, 0.6) is 0 Å². The molecule has 1 aliphatic carbocycles. The van der Waals surface area contributed by atoms with Crippen LogP contribution in [0.2, 0.25) is 0 Å². The Morgan fingerprint density at radius 3 is 2.48 bits per heavy atom. The molecule has 0 radical (unpaired) electrons. The smallest absolute Gasteiger partial charge is 0.181 e. The quantitative estimate of drug-likeness (QED) is 0.947. The minimum Gasteiger partial charge on any atom is -0.330 e. The molecule has 2 unspecified atom stereocenters. The van der Waals surface area contributed by atoms with Gasteiger partial charge in [-0.25, -0.2) is 8.42 Å². The second kappa shape index (κ2) is 5.78. The maximum Gasteiger partial charge on any atom is 0.181 e. The van der Waals surface area contributed by atoms with Crippen LogP contribution in [0.25, 0.3) is 10.8 Å². The Morgan fingerprint density at radius 1 is 1.00 bits per heavy atom. The SMILES string of the molecule is NCC1CCCCC1S(=O)(=O)c1ccc2ccccc2c1. The van der Waals surface area contributed by atoms with E-state index in [-0.39, 0.29) is 11.2 Å². The number of benzene rings is 2. The molecule has 0 heterocycles. The van der Waals surface area contributed by atoms with Crippen LogP contribution in [0.3, 0.4) is 0 Å². The summed E-state index contributed by atoms with van der Waals surface area (Å²) in [5.41, 5.74) is 5.79. The van der Waals surface area contributed by atoms with Gasteiger partial charge in [0.15, 0.2) is 9.84 Å². The van der Waals surface area contributed by atoms with Crippen LogP contribution in [0, 0.1) is 5.92 Å². The third-order valence-corrected chi connectivity index (χ3v) is 6.92. The van der Waals surface area contributed by atoms with Crippen molar-refractivity contribution in [2.45, 2.75) is 35.8 Å². The largest absolute Gasteiger partial charge is 0.330 e. The fraction of sp³-hybridized carbons (Fsp3) is 0.412. The molecule has 112 valence electrons. The predicted molar refractivity (Wildman–Crippen MR) is 85.9 cm³/mol. The molecule has 0 spiro atoms. The summed E-state index contributed by atoms with van der Waals surface area (Å²) in [6.07, 6.45) is 3.73. The molecular formula is C17H21NO2S. The molecule has 0 saturated heterocycles. The second-order valence-electron chi connectivity index (χ2n) is 5.87. The van der Waals surface area contributed by atoms with Gasteiger partial charge in [0.25, 0.3) is 0 Å². The number of sulfone groups is 1. The van der Waals surface area contributed by atoms with E-state index in [2.05, 4.69) is 0 Å². The molecule has 0 aliphatic heterocycles. The van der Waals surface area contributed by atoms with Crippen molar-refractivity contribution < 1.29 is 8.42 Å². The second-order valence-corrected chi connectivity index (χ2v) is 8.04. The Balaban J connectivity index is 2.02. The van der Waals surface area contributed by atoms with Gasteiger partial charge in [-0.1, -0.05) is 43.2 Å². The Bertz CT molecular complexity index is 739. The van der Waals surface area contributed by atoms with Crippen molar-refractivity contribution in [1.82, 2.24) is 0 Å². The van der Waals surface area contributed by atoms with Gasteiger partial charge in [-0.3, -0.25) is 0 Å². The van der Waals surface area contributed by atoms with Crippen LogP contribution in [0.4, 0.5) is 0 Å². The van der Waals surface area contributed by atoms with Gasteiger partial charge in [-0.2, -0.15) is 0 Å². The van der Waals surface area contributed by atoms with Crippen LogP contribution in [0.1, 0.15) is 25.7 Å². The van der Waals surface area contributed by atoms with Crippen molar-refractivity contribution in [3.8, 4) is 0 Å². The zero-order valence-electron chi connectivity index (χ0n) is 12.0. The molecule has 3 nitrogen and oxygen atoms in total. The van der Waals surface area contributed by atoms with Crippen LogP contribution >= 0.6 is 0 Å². The summed E-state index contributed by atoms with van der Waals surface area (Å²) in [7, 11) is -3.29. The molecular weight excluding hydrogens is 282 g/mol. The van der Waals surface area contributed by atoms with E-state index < -0.39 is 9.84 Å². The summed E-state index contributed by atoms with van der Waals surface area (Å²) >= 11 is 0. The number of fused-ring (bicyclic) bond motifs is 1. The highest BCUT2D eigenvalue weighted by atomic mass is 32.2. The van der Waals surface area contributed by atoms with Crippen LogP contribution in [0.15, 0.2) is 47.4 Å². The fourth-order valence-electron chi connectivity index (χ4n) is 3.37. The topological polar surface area (TPSA) is 60.2 Å². The Kier molecular flexibility index (Phi) is 4.00. The molecule has 3 rings (SSSR count). The van der Waals surface area contributed by atoms with E-state index in [9.17, 15) is 8.42 Å². The highest BCUT2D eigenvalue weighted by Crippen LogP contribution is 2.33. The number of rotatable bonds is 3. The Morgan fingerprint density at radius 2 is 1.71 bits per heavy atom. The molecule has 2 aromatic carbocycles. The monoisotopic (exact) mass is 303 g/mol. The third-order valence-electron chi connectivity index (χ3n) is 4.59. The summed E-state index contributed by atoms with van der Waals surface area (Å²) in [6.45, 7) is 0.456. The van der Waals surface area contributed by atoms with E-state index in [1.165, 1.54) is 0 Å². The maximum absolute atomic E-state index is 12.9. The van der Waals surface area contributed by atoms with Crippen molar-refractivity contribution in [3.05, 3.63) is 42.5 Å². The summed E-state index contributed by atoms with van der Waals surface area (Å²) in [5.74, 6) is 0.0928. The first kappa shape index (κ1) is 14.5. The normalized spacial score (nSPS) is 23.3. The lowest BCUT2D eigenvalue weighted by molar-refractivity contribution is 0.363. The van der Waals surface area contributed by atoms with Gasteiger partial charge in [0.1, 0.15) is 0 Å². The van der Waals surface area contributed by atoms with Gasteiger partial charge >= 0.3 is 0 Å². The molecule has 1 aliphatic rings. The molecule has 0 aromatic heterocycles. The van der Waals surface area contributed by atoms with Crippen molar-refractivity contribution in [2.24, 2.45) is 11.7 Å². The van der Waals surface area contributed by atoms with Crippen LogP contribution in [-0.4, -0.2) is 20.2 Å². The van der Waals surface area contributed by atoms with Crippen molar-refractivity contribution in [1.29, 1.82) is 0 Å². The molecule has 1 saturated carbocycles. The lowest BCUT2D eigenvalue weighted by Crippen LogP contribution is -2.37. The summed E-state index contributed by atoms with van der Waals surface area (Å²) < 4.78 is 25.9. The molecule has 1 fully saturated rings. The van der Waals surface area contributed by atoms with E-state index in [0.29, 0.717) is 11.4 Å². The van der Waals surface area contributed by atoms with E-state index in [0.717, 1.165) is 36.5 Å². The number of hydrogen-bond donors (Lipinski definition) is 1. The van der Waals surface area contributed by atoms with Gasteiger partial charge in [0.2, 0.25) is 0 Å². The zero-order chi connectivity index (χ0) is 14.9. The maximum atomic E-state index is 12.9. The molecule has 21 heavy (non-hydrogen) atoms. The van der Waals surface area contributed by atoms with Gasteiger partial charge in [0.05, 0.1) is 10.1 Å². The van der Waals surface area contributed by atoms with Gasteiger partial charge in [-0.15, -0.1) is 0 Å². The molecule has 4 heteroatoms. The minimum atomic E-state index is -3.29. The highest BCUT2D eigenvalue weighted by molar-refractivity contribution is 7.92. The fourth-order valence-corrected chi connectivity index (χ4v) is 5.50. The van der Waals surface area contributed by atoms with Gasteiger partial charge in [-0.05, 0) is 48.2 Å². The van der Waals surface area contributed by atoms with Crippen LogP contribution < -0.4 is 5.73 Å². The predicted octanol–water partition coefficient (Wildman–Crippen LogP) is 3.13. The van der Waals surface area contributed by atoms with Gasteiger partial charge < -0.3 is 5.73 Å². The Hall–Kier alpha value is -1.39. The van der Waals surface area contributed by atoms with Crippen LogP contribution in [-0.2, 0) is 9.84 Å². The zero-order valence-corrected chi connectivity index (χ0v) is 12.9. The van der Waals surface area contributed by atoms with E-state index in [1.54, 1.807) is 12.1 Å². The molecule has 0 bridgehead atoms. The lowest BCUT2D eigenvalue weighted by atomic mass is 9.89. The Labute approximate surface area is 126 Å². The summed E-state index contributed by atoms with van der Waals surface area (Å²) in [4.78, 5) is 0.437. The first-order chi connectivity index (χ1) is 10.1. The molecule has 2 N–H and O–H groups in total. The first-order valence-corrected chi connectivity index (χ1v) is 9.10. The minimum absolute atomic E-state index is 0.0928. The highest BCUT2D eigenvalue weighted by Gasteiger charge is 2.35. The van der Waals surface area contributed by atoms with E-state index in [4.69, 9.17) is 5.73 Å². The van der Waals surface area contributed by atoms with Crippen molar-refractivity contribution in [3.63, 3.8) is 0 Å². The number of hydrogen-bond acceptors (Lipinski definition) is 3. The average Bonchev–Trinajstić information content (AvgIpc) is 2.54.